The second kappa shape index (κ2) is 10.2. The van der Waals surface area contributed by atoms with Crippen LogP contribution in [0, 0.1) is 0 Å². The van der Waals surface area contributed by atoms with Crippen LogP contribution in [0.2, 0.25) is 10.0 Å². The molecule has 3 amide bonds. The maximum absolute atomic E-state index is 13.4. The molecular weight excluding hydrogens is 547 g/mol. The number of halogens is 2. The Morgan fingerprint density at radius 1 is 1.19 bits per heavy atom. The topological polar surface area (TPSA) is 143 Å². The number of fused-ring (bicyclic) bond motifs is 1. The van der Waals surface area contributed by atoms with Crippen LogP contribution in [-0.4, -0.2) is 75.2 Å². The van der Waals surface area contributed by atoms with E-state index in [9.17, 15) is 18.0 Å². The van der Waals surface area contributed by atoms with Gasteiger partial charge in [-0.15, -0.1) is 0 Å². The molecule has 3 heterocycles. The third-order valence-electron chi connectivity index (χ3n) is 6.01. The Balaban J connectivity index is 1.64. The van der Waals surface area contributed by atoms with Crippen LogP contribution >= 0.6 is 23.2 Å². The summed E-state index contributed by atoms with van der Waals surface area (Å²) in [4.78, 5) is 36.5. The van der Waals surface area contributed by atoms with Gasteiger partial charge in [-0.3, -0.25) is 14.6 Å². The molecule has 2 aliphatic heterocycles. The number of sulfone groups is 1. The minimum atomic E-state index is -3.40. The smallest absolute Gasteiger partial charge is 0.330 e. The number of ether oxygens (including phenoxy) is 2. The van der Waals surface area contributed by atoms with Crippen molar-refractivity contribution >= 4 is 62.4 Å². The van der Waals surface area contributed by atoms with Crippen molar-refractivity contribution < 1.29 is 27.5 Å². The highest BCUT2D eigenvalue weighted by Crippen LogP contribution is 2.47. The lowest BCUT2D eigenvalue weighted by Crippen LogP contribution is -2.47. The van der Waals surface area contributed by atoms with Gasteiger partial charge in [-0.25, -0.2) is 18.2 Å². The highest BCUT2D eigenvalue weighted by molar-refractivity contribution is 7.91. The van der Waals surface area contributed by atoms with Gasteiger partial charge in [0, 0.05) is 24.9 Å². The largest absolute Gasteiger partial charge is 0.495 e. The van der Waals surface area contributed by atoms with Crippen molar-refractivity contribution in [2.24, 2.45) is 0 Å². The molecule has 2 N–H and O–H groups in total. The number of urea groups is 1. The number of aromatic nitrogens is 2. The molecule has 2 unspecified atom stereocenters. The van der Waals surface area contributed by atoms with Gasteiger partial charge in [-0.2, -0.15) is 4.98 Å². The third kappa shape index (κ3) is 5.11. The van der Waals surface area contributed by atoms with Crippen LogP contribution in [0.1, 0.15) is 5.56 Å². The summed E-state index contributed by atoms with van der Waals surface area (Å²) in [5, 5.41) is 5.85. The van der Waals surface area contributed by atoms with E-state index in [4.69, 9.17) is 32.7 Å². The number of benzene rings is 1. The van der Waals surface area contributed by atoms with Crippen molar-refractivity contribution in [1.82, 2.24) is 15.3 Å². The van der Waals surface area contributed by atoms with Gasteiger partial charge < -0.3 is 20.1 Å². The van der Waals surface area contributed by atoms with Crippen LogP contribution in [0.3, 0.4) is 0 Å². The first-order valence-corrected chi connectivity index (χ1v) is 13.5. The van der Waals surface area contributed by atoms with Crippen LogP contribution in [0.5, 0.6) is 11.5 Å². The third-order valence-corrected chi connectivity index (χ3v) is 8.47. The molecule has 2 atom stereocenters. The van der Waals surface area contributed by atoms with E-state index in [0.29, 0.717) is 11.4 Å². The number of hydrogen-bond donors (Lipinski definition) is 2. The van der Waals surface area contributed by atoms with Gasteiger partial charge >= 0.3 is 6.03 Å². The molecule has 4 rings (SSSR count). The number of nitrogens with zero attached hydrogens (tertiary/aromatic N) is 4. The van der Waals surface area contributed by atoms with Crippen molar-refractivity contribution in [1.29, 1.82) is 0 Å². The number of hydrogen-bond acceptors (Lipinski definition) is 9. The first kappa shape index (κ1) is 26.8. The second-order valence-electron chi connectivity index (χ2n) is 8.37. The molecule has 0 aliphatic carbocycles. The lowest BCUT2D eigenvalue weighted by molar-refractivity contribution is -0.117. The summed E-state index contributed by atoms with van der Waals surface area (Å²) in [6, 6.07) is -0.321. The summed E-state index contributed by atoms with van der Waals surface area (Å²) >= 11 is 13.0. The Kier molecular flexibility index (Phi) is 7.40. The number of nitrogens with one attached hydrogen (secondary N) is 2. The van der Waals surface area contributed by atoms with Gasteiger partial charge in [0.15, 0.2) is 9.84 Å². The van der Waals surface area contributed by atoms with Gasteiger partial charge in [0.25, 0.3) is 0 Å². The Bertz CT molecular complexity index is 1360. The maximum atomic E-state index is 13.4. The number of carbonyl (C=O) groups is 2. The minimum Gasteiger partial charge on any atom is -0.495 e. The van der Waals surface area contributed by atoms with Crippen LogP contribution in [0.15, 0.2) is 24.9 Å². The molecule has 37 heavy (non-hydrogen) atoms. The molecule has 0 radical (unpaired) electrons. The summed E-state index contributed by atoms with van der Waals surface area (Å²) in [6.07, 6.45) is 2.58. The van der Waals surface area contributed by atoms with Crippen molar-refractivity contribution in [3.8, 4) is 11.5 Å². The molecule has 1 aromatic carbocycles. The fourth-order valence-corrected chi connectivity index (χ4v) is 6.77. The van der Waals surface area contributed by atoms with Crippen molar-refractivity contribution in [3.05, 3.63) is 40.5 Å². The van der Waals surface area contributed by atoms with Crippen molar-refractivity contribution in [2.75, 3.05) is 47.9 Å². The second-order valence-corrected chi connectivity index (χ2v) is 11.3. The minimum absolute atomic E-state index is 0.0460. The van der Waals surface area contributed by atoms with E-state index in [1.807, 2.05) is 0 Å². The summed E-state index contributed by atoms with van der Waals surface area (Å²) in [7, 11) is 0.995. The van der Waals surface area contributed by atoms with E-state index in [1.165, 1.54) is 43.3 Å². The molecule has 2 aliphatic rings. The highest BCUT2D eigenvalue weighted by atomic mass is 35.5. The summed E-state index contributed by atoms with van der Waals surface area (Å²) in [6.45, 7) is 3.44. The van der Waals surface area contributed by atoms with Crippen LogP contribution in [0.25, 0.3) is 0 Å². The molecule has 12 nitrogen and oxygen atoms in total. The standard InChI is InChI=1S/C22H24Cl2N6O6S/c1-5-16(31)26-12-9-37(33,34)10-13(12)27-21-25-7-11-8-30(22(32)29(2)20(11)28-21)19-17(23)14(35-3)6-15(36-4)18(19)24/h5-7,12-13H,1,8-10H2,2-4H3,(H,26,31)(H,25,27,28). The van der Waals surface area contributed by atoms with E-state index in [0.717, 1.165) is 6.08 Å². The van der Waals surface area contributed by atoms with Gasteiger partial charge in [0.2, 0.25) is 11.9 Å². The molecule has 1 fully saturated rings. The predicted octanol–water partition coefficient (Wildman–Crippen LogP) is 2.26. The zero-order valence-electron chi connectivity index (χ0n) is 20.1. The molecule has 1 aromatic heterocycles. The number of anilines is 3. The SMILES string of the molecule is C=CC(=O)NC1CS(=O)(=O)CC1Nc1ncc2c(n1)N(C)C(=O)N(c1c(Cl)c(OC)cc(OC)c1Cl)C2. The zero-order valence-corrected chi connectivity index (χ0v) is 22.4. The van der Waals surface area contributed by atoms with E-state index in [1.54, 1.807) is 0 Å². The highest BCUT2D eigenvalue weighted by Gasteiger charge is 2.39. The van der Waals surface area contributed by atoms with Gasteiger partial charge in [0.05, 0.1) is 50.0 Å². The quantitative estimate of drug-likeness (QED) is 0.479. The molecule has 0 saturated carbocycles. The number of rotatable bonds is 7. The predicted molar refractivity (Wildman–Crippen MR) is 140 cm³/mol. The fraction of sp³-hybridized carbons (Fsp3) is 0.364. The van der Waals surface area contributed by atoms with E-state index >= 15 is 0 Å². The Labute approximate surface area is 223 Å². The number of methoxy groups -OCH3 is 2. The van der Waals surface area contributed by atoms with E-state index < -0.39 is 33.9 Å². The normalized spacial score (nSPS) is 20.3. The molecule has 0 bridgehead atoms. The number of carbonyl (C=O) groups excluding carboxylic acids is 2. The molecule has 2 aromatic rings. The first-order chi connectivity index (χ1) is 17.5. The van der Waals surface area contributed by atoms with E-state index in [2.05, 4.69) is 27.2 Å². The molecular formula is C22H24Cl2N6O6S. The average Bonchev–Trinajstić information content (AvgIpc) is 3.14. The monoisotopic (exact) mass is 570 g/mol. The molecule has 1 saturated heterocycles. The van der Waals surface area contributed by atoms with E-state index in [-0.39, 0.29) is 51.2 Å². The Morgan fingerprint density at radius 2 is 1.81 bits per heavy atom. The van der Waals surface area contributed by atoms with Crippen LogP contribution in [-0.2, 0) is 21.2 Å². The molecule has 0 spiro atoms. The zero-order chi connectivity index (χ0) is 27.1. The van der Waals surface area contributed by atoms with Crippen LogP contribution < -0.4 is 29.9 Å². The van der Waals surface area contributed by atoms with Gasteiger partial charge in [0.1, 0.15) is 27.4 Å². The average molecular weight is 571 g/mol. The van der Waals surface area contributed by atoms with Gasteiger partial charge in [-0.1, -0.05) is 29.8 Å². The summed E-state index contributed by atoms with van der Waals surface area (Å²) < 4.78 is 35.0. The molecule has 15 heteroatoms. The number of amides is 3. The van der Waals surface area contributed by atoms with Gasteiger partial charge in [-0.05, 0) is 6.08 Å². The Hall–Kier alpha value is -3.29. The maximum Gasteiger partial charge on any atom is 0.330 e. The Morgan fingerprint density at radius 3 is 2.41 bits per heavy atom. The van der Waals surface area contributed by atoms with Crippen molar-refractivity contribution in [3.63, 3.8) is 0 Å². The molecule has 198 valence electrons. The first-order valence-electron chi connectivity index (χ1n) is 10.9. The summed E-state index contributed by atoms with van der Waals surface area (Å²) in [5.74, 6) is 0.0384. The van der Waals surface area contributed by atoms with Crippen LogP contribution in [0.4, 0.5) is 22.2 Å². The van der Waals surface area contributed by atoms with Crippen molar-refractivity contribution in [2.45, 2.75) is 18.6 Å². The lowest BCUT2D eigenvalue weighted by atomic mass is 10.1. The summed E-state index contributed by atoms with van der Waals surface area (Å²) in [5.41, 5.74) is 0.790. The lowest BCUT2D eigenvalue weighted by Gasteiger charge is -2.35. The fourth-order valence-electron chi connectivity index (χ4n) is 4.20.